The van der Waals surface area contributed by atoms with Gasteiger partial charge in [0.1, 0.15) is 6.07 Å². The Morgan fingerprint density at radius 1 is 1.44 bits per heavy atom. The average Bonchev–Trinajstić information content (AvgIpc) is 2.80. The number of aryl methyl sites for hydroxylation is 1. The maximum Gasteiger partial charge on any atom is 0.349 e. The van der Waals surface area contributed by atoms with Gasteiger partial charge in [0.2, 0.25) is 0 Å². The van der Waals surface area contributed by atoms with Crippen molar-refractivity contribution in [3.05, 3.63) is 34.4 Å². The van der Waals surface area contributed by atoms with Gasteiger partial charge in [-0.1, -0.05) is 18.6 Å². The van der Waals surface area contributed by atoms with Crippen LogP contribution in [-0.4, -0.2) is 24.0 Å². The molecule has 0 bridgehead atoms. The van der Waals surface area contributed by atoms with E-state index in [9.17, 15) is 14.9 Å². The lowest BCUT2D eigenvalue weighted by Crippen LogP contribution is -2.49. The normalized spacial score (nSPS) is 22.3. The van der Waals surface area contributed by atoms with E-state index in [4.69, 9.17) is 4.74 Å². The van der Waals surface area contributed by atoms with Crippen molar-refractivity contribution in [2.45, 2.75) is 52.5 Å². The highest BCUT2D eigenvalue weighted by Gasteiger charge is 2.48. The molecule has 3 rings (SSSR count). The summed E-state index contributed by atoms with van der Waals surface area (Å²) in [5.41, 5.74) is 3.19. The maximum absolute atomic E-state index is 13.2. The fraction of sp³-hybridized carbons (Fsp3) is 0.450. The molecule has 0 aromatic heterocycles. The van der Waals surface area contributed by atoms with Crippen molar-refractivity contribution in [2.24, 2.45) is 0 Å². The Morgan fingerprint density at radius 2 is 2.12 bits per heavy atom. The predicted molar refractivity (Wildman–Crippen MR) is 94.9 cm³/mol. The molecule has 0 spiro atoms. The summed E-state index contributed by atoms with van der Waals surface area (Å²) in [5.74, 6) is -0.738. The lowest BCUT2D eigenvalue weighted by molar-refractivity contribution is -0.138. The van der Waals surface area contributed by atoms with Gasteiger partial charge in [0, 0.05) is 11.1 Å². The number of hydrogen-bond donors (Lipinski definition) is 0. The minimum atomic E-state index is -0.741. The molecule has 1 atom stereocenters. The van der Waals surface area contributed by atoms with Crippen LogP contribution in [0.4, 0.5) is 5.69 Å². The van der Waals surface area contributed by atoms with E-state index in [-0.39, 0.29) is 29.2 Å². The molecular weight excluding hydrogens is 316 g/mol. The van der Waals surface area contributed by atoms with Crippen molar-refractivity contribution in [3.8, 4) is 6.07 Å². The van der Waals surface area contributed by atoms with Gasteiger partial charge >= 0.3 is 5.97 Å². The summed E-state index contributed by atoms with van der Waals surface area (Å²) in [7, 11) is 0. The average molecular weight is 338 g/mol. The van der Waals surface area contributed by atoms with Crippen molar-refractivity contribution < 1.29 is 14.3 Å². The van der Waals surface area contributed by atoms with Gasteiger partial charge in [0.15, 0.2) is 5.57 Å². The summed E-state index contributed by atoms with van der Waals surface area (Å²) in [5, 5.41) is 9.54. The molecule has 2 heterocycles. The SMILES string of the molecule is CCOC(=O)/C(C#N)=C1/C(=O)N2c3c1cc(C)cc3C(C)CC2(C)C. The van der Waals surface area contributed by atoms with Crippen molar-refractivity contribution in [1.82, 2.24) is 0 Å². The molecule has 0 saturated heterocycles. The van der Waals surface area contributed by atoms with Gasteiger partial charge in [-0.3, -0.25) is 4.79 Å². The van der Waals surface area contributed by atoms with Crippen LogP contribution in [0.5, 0.6) is 0 Å². The van der Waals surface area contributed by atoms with Gasteiger partial charge in [0.25, 0.3) is 5.91 Å². The number of esters is 1. The topological polar surface area (TPSA) is 70.4 Å². The second-order valence-electron chi connectivity index (χ2n) is 7.39. The minimum Gasteiger partial charge on any atom is -0.462 e. The third-order valence-electron chi connectivity index (χ3n) is 4.98. The lowest BCUT2D eigenvalue weighted by atomic mass is 9.80. The number of nitrogens with zero attached hydrogens (tertiary/aromatic N) is 2. The maximum atomic E-state index is 13.2. The third-order valence-corrected chi connectivity index (χ3v) is 4.98. The number of carbonyl (C=O) groups excluding carboxylic acids is 2. The fourth-order valence-corrected chi connectivity index (χ4v) is 4.13. The highest BCUT2D eigenvalue weighted by Crippen LogP contribution is 2.52. The summed E-state index contributed by atoms with van der Waals surface area (Å²) >= 11 is 0. The molecule has 2 aliphatic rings. The molecule has 1 amide bonds. The number of nitriles is 1. The highest BCUT2D eigenvalue weighted by atomic mass is 16.5. The number of anilines is 1. The van der Waals surface area contributed by atoms with Crippen LogP contribution in [0.1, 0.15) is 56.7 Å². The zero-order valence-corrected chi connectivity index (χ0v) is 15.3. The summed E-state index contributed by atoms with van der Waals surface area (Å²) in [6.45, 7) is 9.99. The standard InChI is InChI=1S/C20H22N2O3/c1-6-25-19(24)15(10-21)16-14-8-11(2)7-13-12(3)9-20(4,5)22(17(13)14)18(16)23/h7-8,12H,6,9H2,1-5H3/b16-15+. The summed E-state index contributed by atoms with van der Waals surface area (Å²) < 4.78 is 5.00. The molecule has 5 heteroatoms. The van der Waals surface area contributed by atoms with Gasteiger partial charge in [-0.15, -0.1) is 0 Å². The van der Waals surface area contributed by atoms with Crippen molar-refractivity contribution in [3.63, 3.8) is 0 Å². The van der Waals surface area contributed by atoms with E-state index in [1.165, 1.54) is 0 Å². The van der Waals surface area contributed by atoms with E-state index in [0.717, 1.165) is 23.2 Å². The largest absolute Gasteiger partial charge is 0.462 e. The van der Waals surface area contributed by atoms with Crippen LogP contribution in [0.3, 0.4) is 0 Å². The Bertz CT molecular complexity index is 858. The van der Waals surface area contributed by atoms with Gasteiger partial charge in [-0.05, 0) is 51.7 Å². The van der Waals surface area contributed by atoms with Crippen LogP contribution in [0.15, 0.2) is 17.7 Å². The van der Waals surface area contributed by atoms with Crippen LogP contribution >= 0.6 is 0 Å². The lowest BCUT2D eigenvalue weighted by Gasteiger charge is -2.43. The summed E-state index contributed by atoms with van der Waals surface area (Å²) in [6, 6.07) is 5.88. The van der Waals surface area contributed by atoms with Gasteiger partial charge in [-0.2, -0.15) is 5.26 Å². The number of rotatable bonds is 2. The first kappa shape index (κ1) is 17.2. The number of amides is 1. The Kier molecular flexibility index (Phi) is 3.95. The van der Waals surface area contributed by atoms with Crippen LogP contribution in [-0.2, 0) is 14.3 Å². The van der Waals surface area contributed by atoms with E-state index < -0.39 is 5.97 Å². The second-order valence-corrected chi connectivity index (χ2v) is 7.39. The van der Waals surface area contributed by atoms with Gasteiger partial charge in [0.05, 0.1) is 17.9 Å². The third kappa shape index (κ3) is 2.44. The molecule has 1 unspecified atom stereocenters. The first-order valence-corrected chi connectivity index (χ1v) is 8.54. The molecule has 0 fully saturated rings. The minimum absolute atomic E-state index is 0.156. The number of benzene rings is 1. The van der Waals surface area contributed by atoms with Crippen molar-refractivity contribution in [1.29, 1.82) is 5.26 Å². The van der Waals surface area contributed by atoms with E-state index in [2.05, 4.69) is 13.0 Å². The molecule has 0 radical (unpaired) electrons. The zero-order valence-electron chi connectivity index (χ0n) is 15.3. The molecule has 0 N–H and O–H groups in total. The van der Waals surface area contributed by atoms with Crippen LogP contribution in [0.25, 0.3) is 5.57 Å². The Hall–Kier alpha value is -2.61. The second kappa shape index (κ2) is 5.73. The van der Waals surface area contributed by atoms with Crippen LogP contribution < -0.4 is 4.90 Å². The Labute approximate surface area is 147 Å². The first-order valence-electron chi connectivity index (χ1n) is 8.54. The van der Waals surface area contributed by atoms with Crippen molar-refractivity contribution in [2.75, 3.05) is 11.5 Å². The summed E-state index contributed by atoms with van der Waals surface area (Å²) in [6.07, 6.45) is 0.823. The predicted octanol–water partition coefficient (Wildman–Crippen LogP) is 3.47. The van der Waals surface area contributed by atoms with E-state index in [1.54, 1.807) is 11.8 Å². The fourth-order valence-electron chi connectivity index (χ4n) is 4.13. The van der Waals surface area contributed by atoms with Crippen molar-refractivity contribution >= 4 is 23.1 Å². The first-order chi connectivity index (χ1) is 11.7. The molecule has 2 aliphatic heterocycles. The number of hydrogen-bond acceptors (Lipinski definition) is 4. The molecule has 0 saturated carbocycles. The van der Waals surface area contributed by atoms with Crippen LogP contribution in [0.2, 0.25) is 0 Å². The quantitative estimate of drug-likeness (QED) is 0.470. The Morgan fingerprint density at radius 3 is 2.72 bits per heavy atom. The van der Waals surface area contributed by atoms with Crippen LogP contribution in [0, 0.1) is 18.3 Å². The molecule has 130 valence electrons. The zero-order chi connectivity index (χ0) is 18.5. The molecular formula is C20H22N2O3. The van der Waals surface area contributed by atoms with E-state index >= 15 is 0 Å². The van der Waals surface area contributed by atoms with Gasteiger partial charge < -0.3 is 9.64 Å². The smallest absolute Gasteiger partial charge is 0.349 e. The molecule has 5 nitrogen and oxygen atoms in total. The molecule has 0 aliphatic carbocycles. The number of carbonyl (C=O) groups is 2. The van der Waals surface area contributed by atoms with E-state index in [1.807, 2.05) is 32.9 Å². The molecule has 1 aromatic rings. The number of ether oxygens (including phenoxy) is 1. The molecule has 1 aromatic carbocycles. The van der Waals surface area contributed by atoms with Gasteiger partial charge in [-0.25, -0.2) is 4.79 Å². The Balaban J connectivity index is 2.35. The monoisotopic (exact) mass is 338 g/mol. The van der Waals surface area contributed by atoms with E-state index in [0.29, 0.717) is 11.5 Å². The molecule has 25 heavy (non-hydrogen) atoms. The highest BCUT2D eigenvalue weighted by molar-refractivity contribution is 6.37. The summed E-state index contributed by atoms with van der Waals surface area (Å²) in [4.78, 5) is 27.2.